The van der Waals surface area contributed by atoms with Gasteiger partial charge < -0.3 is 9.67 Å². The number of nitrogens with zero attached hydrogens (tertiary/aromatic N) is 3. The number of imidazole rings is 1. The molecule has 0 saturated carbocycles. The molecule has 22 heavy (non-hydrogen) atoms. The van der Waals surface area contributed by atoms with Crippen molar-refractivity contribution in [3.8, 4) is 11.8 Å². The first-order chi connectivity index (χ1) is 10.7. The standard InChI is InChI=1S/C17H13N3OS/c1-20-15-8-4-3-7-14(15)19-17(20)22-13(11-18)10-12-6-2-5-9-16(12)21/h2-10,21H,1H3. The molecule has 5 heteroatoms. The summed E-state index contributed by atoms with van der Waals surface area (Å²) >= 11 is 1.29. The fourth-order valence-corrected chi connectivity index (χ4v) is 2.96. The number of aryl methyl sites for hydroxylation is 1. The molecule has 0 aliphatic carbocycles. The number of benzene rings is 2. The molecule has 3 aromatic rings. The van der Waals surface area contributed by atoms with Crippen LogP contribution in [0.25, 0.3) is 17.1 Å². The van der Waals surface area contributed by atoms with Gasteiger partial charge in [0.05, 0.1) is 15.9 Å². The molecule has 0 atom stereocenters. The van der Waals surface area contributed by atoms with Crippen molar-refractivity contribution in [3.05, 3.63) is 59.0 Å². The fraction of sp³-hybridized carbons (Fsp3) is 0.0588. The monoisotopic (exact) mass is 307 g/mol. The SMILES string of the molecule is Cn1c(SC(C#N)=Cc2ccccc2O)nc2ccccc21. The van der Waals surface area contributed by atoms with Crippen molar-refractivity contribution in [1.82, 2.24) is 9.55 Å². The second-order valence-corrected chi connectivity index (χ2v) is 5.73. The van der Waals surface area contributed by atoms with Crippen molar-refractivity contribution >= 4 is 28.9 Å². The molecule has 1 aromatic heterocycles. The number of nitriles is 1. The summed E-state index contributed by atoms with van der Waals surface area (Å²) in [5, 5.41) is 19.9. The van der Waals surface area contributed by atoms with Gasteiger partial charge in [0.1, 0.15) is 11.8 Å². The van der Waals surface area contributed by atoms with E-state index in [2.05, 4.69) is 11.1 Å². The number of aromatic hydroxyl groups is 1. The molecule has 4 nitrogen and oxygen atoms in total. The van der Waals surface area contributed by atoms with Crippen molar-refractivity contribution < 1.29 is 5.11 Å². The largest absolute Gasteiger partial charge is 0.507 e. The third-order valence-corrected chi connectivity index (χ3v) is 4.26. The summed E-state index contributed by atoms with van der Waals surface area (Å²) < 4.78 is 1.95. The second kappa shape index (κ2) is 5.96. The van der Waals surface area contributed by atoms with Gasteiger partial charge in [-0.3, -0.25) is 0 Å². The summed E-state index contributed by atoms with van der Waals surface area (Å²) in [6.45, 7) is 0. The second-order valence-electron chi connectivity index (χ2n) is 4.72. The molecule has 1 N–H and O–H groups in total. The van der Waals surface area contributed by atoms with E-state index < -0.39 is 0 Å². The van der Waals surface area contributed by atoms with Gasteiger partial charge in [0.2, 0.25) is 0 Å². The Bertz CT molecular complexity index is 906. The number of aromatic nitrogens is 2. The Hall–Kier alpha value is -2.71. The van der Waals surface area contributed by atoms with Crippen molar-refractivity contribution in [2.75, 3.05) is 0 Å². The zero-order chi connectivity index (χ0) is 15.5. The molecule has 3 rings (SSSR count). The highest BCUT2D eigenvalue weighted by atomic mass is 32.2. The van der Waals surface area contributed by atoms with E-state index in [9.17, 15) is 10.4 Å². The molecule has 0 fully saturated rings. The zero-order valence-corrected chi connectivity index (χ0v) is 12.7. The van der Waals surface area contributed by atoms with Gasteiger partial charge in [-0.2, -0.15) is 5.26 Å². The normalized spacial score (nSPS) is 11.5. The van der Waals surface area contributed by atoms with Crippen LogP contribution in [0, 0.1) is 11.3 Å². The van der Waals surface area contributed by atoms with Crippen LogP contribution in [0.1, 0.15) is 5.56 Å². The lowest BCUT2D eigenvalue weighted by atomic mass is 10.2. The number of allylic oxidation sites excluding steroid dienone is 1. The Kier molecular flexibility index (Phi) is 3.86. The molecule has 108 valence electrons. The Balaban J connectivity index is 1.97. The molecule has 0 aliphatic heterocycles. The molecule has 0 unspecified atom stereocenters. The highest BCUT2D eigenvalue weighted by Crippen LogP contribution is 2.30. The van der Waals surface area contributed by atoms with Crippen molar-refractivity contribution in [1.29, 1.82) is 5.26 Å². The van der Waals surface area contributed by atoms with E-state index in [4.69, 9.17) is 0 Å². The number of hydrogen-bond acceptors (Lipinski definition) is 4. The first-order valence-electron chi connectivity index (χ1n) is 6.68. The van der Waals surface area contributed by atoms with Crippen LogP contribution in [0.5, 0.6) is 5.75 Å². The minimum atomic E-state index is 0.154. The van der Waals surface area contributed by atoms with Gasteiger partial charge in [-0.05, 0) is 36.0 Å². The van der Waals surface area contributed by atoms with Gasteiger partial charge in [0.25, 0.3) is 0 Å². The molecule has 0 saturated heterocycles. The van der Waals surface area contributed by atoms with Crippen LogP contribution in [0.3, 0.4) is 0 Å². The highest BCUT2D eigenvalue weighted by Gasteiger charge is 2.10. The maximum Gasteiger partial charge on any atom is 0.174 e. The lowest BCUT2D eigenvalue weighted by Gasteiger charge is -2.02. The van der Waals surface area contributed by atoms with Gasteiger partial charge in [0.15, 0.2) is 5.16 Å². The van der Waals surface area contributed by atoms with Crippen LogP contribution in [-0.2, 0) is 7.05 Å². The van der Waals surface area contributed by atoms with Crippen LogP contribution in [0.4, 0.5) is 0 Å². The Morgan fingerprint density at radius 3 is 2.68 bits per heavy atom. The minimum Gasteiger partial charge on any atom is -0.507 e. The Morgan fingerprint density at radius 2 is 1.95 bits per heavy atom. The summed E-state index contributed by atoms with van der Waals surface area (Å²) in [6, 6.07) is 16.9. The summed E-state index contributed by atoms with van der Waals surface area (Å²) in [5.74, 6) is 0.154. The number of fused-ring (bicyclic) bond motifs is 1. The first kappa shape index (κ1) is 14.2. The molecule has 0 bridgehead atoms. The number of phenols is 1. The van der Waals surface area contributed by atoms with E-state index in [0.29, 0.717) is 10.5 Å². The minimum absolute atomic E-state index is 0.154. The number of rotatable bonds is 3. The summed E-state index contributed by atoms with van der Waals surface area (Å²) in [6.07, 6.45) is 1.67. The van der Waals surface area contributed by atoms with Crippen molar-refractivity contribution in [3.63, 3.8) is 0 Å². The molecular weight excluding hydrogens is 294 g/mol. The van der Waals surface area contributed by atoms with Crippen LogP contribution < -0.4 is 0 Å². The fourth-order valence-electron chi connectivity index (χ4n) is 2.15. The Morgan fingerprint density at radius 1 is 1.23 bits per heavy atom. The predicted molar refractivity (Wildman–Crippen MR) is 88.3 cm³/mol. The van der Waals surface area contributed by atoms with E-state index >= 15 is 0 Å². The van der Waals surface area contributed by atoms with Crippen LogP contribution in [0.15, 0.2) is 58.6 Å². The van der Waals surface area contributed by atoms with Gasteiger partial charge >= 0.3 is 0 Å². The third kappa shape index (κ3) is 2.69. The highest BCUT2D eigenvalue weighted by molar-refractivity contribution is 8.03. The van der Waals surface area contributed by atoms with E-state index in [1.54, 1.807) is 24.3 Å². The smallest absolute Gasteiger partial charge is 0.174 e. The average Bonchev–Trinajstić information content (AvgIpc) is 2.85. The van der Waals surface area contributed by atoms with E-state index in [1.807, 2.05) is 41.9 Å². The van der Waals surface area contributed by atoms with E-state index in [-0.39, 0.29) is 5.75 Å². The molecule has 0 aliphatic rings. The lowest BCUT2D eigenvalue weighted by molar-refractivity contribution is 0.474. The van der Waals surface area contributed by atoms with Gasteiger partial charge in [-0.1, -0.05) is 30.3 Å². The molecular formula is C17H13N3OS. The number of para-hydroxylation sites is 3. The predicted octanol–water partition coefficient (Wildman–Crippen LogP) is 3.94. The molecule has 0 amide bonds. The molecule has 2 aromatic carbocycles. The number of phenolic OH excluding ortho intramolecular Hbond substituents is 1. The van der Waals surface area contributed by atoms with Crippen LogP contribution in [0.2, 0.25) is 0 Å². The van der Waals surface area contributed by atoms with E-state index in [0.717, 1.165) is 16.2 Å². The zero-order valence-electron chi connectivity index (χ0n) is 11.9. The van der Waals surface area contributed by atoms with Crippen molar-refractivity contribution in [2.45, 2.75) is 5.16 Å². The first-order valence-corrected chi connectivity index (χ1v) is 7.50. The summed E-state index contributed by atoms with van der Waals surface area (Å²) in [5.41, 5.74) is 2.53. The van der Waals surface area contributed by atoms with Crippen LogP contribution in [-0.4, -0.2) is 14.7 Å². The third-order valence-electron chi connectivity index (χ3n) is 3.28. The molecule has 0 spiro atoms. The quantitative estimate of drug-likeness (QED) is 0.588. The topological polar surface area (TPSA) is 61.8 Å². The Labute approximate surface area is 132 Å². The van der Waals surface area contributed by atoms with Crippen LogP contribution >= 0.6 is 11.8 Å². The number of hydrogen-bond donors (Lipinski definition) is 1. The maximum absolute atomic E-state index is 9.81. The van der Waals surface area contributed by atoms with Gasteiger partial charge in [0, 0.05) is 12.6 Å². The van der Waals surface area contributed by atoms with E-state index in [1.165, 1.54) is 11.8 Å². The van der Waals surface area contributed by atoms with Crippen molar-refractivity contribution in [2.24, 2.45) is 7.05 Å². The van der Waals surface area contributed by atoms with Gasteiger partial charge in [-0.15, -0.1) is 0 Å². The van der Waals surface area contributed by atoms with Gasteiger partial charge in [-0.25, -0.2) is 4.98 Å². The summed E-state index contributed by atoms with van der Waals surface area (Å²) in [7, 11) is 1.92. The summed E-state index contributed by atoms with van der Waals surface area (Å²) in [4.78, 5) is 5.01. The number of thioether (sulfide) groups is 1. The maximum atomic E-state index is 9.81. The molecule has 1 heterocycles. The average molecular weight is 307 g/mol. The lowest BCUT2D eigenvalue weighted by Crippen LogP contribution is -1.90. The molecule has 0 radical (unpaired) electrons.